The largest absolute Gasteiger partial charge is 0.369 e. The van der Waals surface area contributed by atoms with E-state index in [1.54, 1.807) is 0 Å². The summed E-state index contributed by atoms with van der Waals surface area (Å²) in [6, 6.07) is 15.1. The number of hydrogen-bond acceptors (Lipinski definition) is 6. The van der Waals surface area contributed by atoms with Crippen molar-refractivity contribution in [2.75, 3.05) is 53.2 Å². The third kappa shape index (κ3) is 4.74. The van der Waals surface area contributed by atoms with E-state index >= 15 is 0 Å². The number of piperazine rings is 1. The van der Waals surface area contributed by atoms with Crippen LogP contribution in [0.2, 0.25) is 0 Å². The summed E-state index contributed by atoms with van der Waals surface area (Å²) in [7, 11) is 2.18. The molecule has 4 aliphatic carbocycles. The van der Waals surface area contributed by atoms with Crippen LogP contribution in [0.3, 0.4) is 0 Å². The van der Waals surface area contributed by atoms with Crippen molar-refractivity contribution in [3.8, 4) is 0 Å². The summed E-state index contributed by atoms with van der Waals surface area (Å²) in [6.07, 6.45) is 9.20. The molecule has 9 rings (SSSR count). The Hall–Kier alpha value is -3.65. The van der Waals surface area contributed by atoms with E-state index in [1.165, 1.54) is 24.9 Å². The lowest BCUT2D eigenvalue weighted by Crippen LogP contribution is -2.65. The van der Waals surface area contributed by atoms with E-state index in [0.29, 0.717) is 12.5 Å². The van der Waals surface area contributed by atoms with Crippen molar-refractivity contribution >= 4 is 34.9 Å². The summed E-state index contributed by atoms with van der Waals surface area (Å²) in [5.41, 5.74) is 6.34. The van der Waals surface area contributed by atoms with Crippen LogP contribution in [-0.2, 0) is 6.54 Å². The standard InChI is InChI=1S/C35H43N7O/c1-23-4-5-24(2)31(14-23)41-22-28-21-36-33(37-29-6-8-30(9-7-29)40-12-10-39(3)11-13-40)38-32(28)42(34(41)43)35-18-25-15-26(19-35)17-27(16-25)20-35/h4-9,14,21,25-27H,10-13,15-20,22H2,1-3H3,(H,36,37,38). The van der Waals surface area contributed by atoms with E-state index in [-0.39, 0.29) is 11.6 Å². The molecular formula is C35H43N7O. The SMILES string of the molecule is Cc1ccc(C)c(N2Cc3cnc(Nc4ccc(N5CCN(C)CC5)cc4)nc3N(C34CC5CC(CC(C5)C3)C4)C2=O)c1. The van der Waals surface area contributed by atoms with E-state index in [2.05, 4.69) is 83.4 Å². The average Bonchev–Trinajstić information content (AvgIpc) is 2.98. The van der Waals surface area contributed by atoms with Crippen molar-refractivity contribution in [1.29, 1.82) is 0 Å². The zero-order valence-electron chi connectivity index (χ0n) is 25.7. The highest BCUT2D eigenvalue weighted by molar-refractivity contribution is 6.07. The van der Waals surface area contributed by atoms with Crippen LogP contribution in [0.15, 0.2) is 48.7 Å². The fourth-order valence-corrected chi connectivity index (χ4v) is 9.13. The Bertz CT molecular complexity index is 1510. The number of aryl methyl sites for hydroxylation is 2. The first-order chi connectivity index (χ1) is 20.8. The van der Waals surface area contributed by atoms with Crippen LogP contribution in [0.5, 0.6) is 0 Å². The van der Waals surface area contributed by atoms with Crippen molar-refractivity contribution in [3.63, 3.8) is 0 Å². The maximum atomic E-state index is 14.7. The average molecular weight is 578 g/mol. The second-order valence-electron chi connectivity index (χ2n) is 14.1. The molecule has 2 amide bonds. The topological polar surface area (TPSA) is 67.8 Å². The first kappa shape index (κ1) is 26.9. The lowest BCUT2D eigenvalue weighted by molar-refractivity contribution is -0.000907. The summed E-state index contributed by atoms with van der Waals surface area (Å²) in [5.74, 6) is 3.51. The molecule has 2 aliphatic heterocycles. The lowest BCUT2D eigenvalue weighted by Gasteiger charge is -2.61. The molecule has 224 valence electrons. The molecule has 1 aromatic heterocycles. The number of hydrogen-bond donors (Lipinski definition) is 1. The van der Waals surface area contributed by atoms with Crippen molar-refractivity contribution in [2.45, 2.75) is 64.5 Å². The van der Waals surface area contributed by atoms with Gasteiger partial charge in [0, 0.05) is 55.0 Å². The second kappa shape index (κ2) is 10.2. The predicted molar refractivity (Wildman–Crippen MR) is 172 cm³/mol. The highest BCUT2D eigenvalue weighted by Gasteiger charge is 2.57. The molecule has 0 radical (unpaired) electrons. The number of likely N-dealkylation sites (N-methyl/N-ethyl adjacent to an activating group) is 1. The number of aromatic nitrogens is 2. The van der Waals surface area contributed by atoms with Gasteiger partial charge in [-0.15, -0.1) is 0 Å². The van der Waals surface area contributed by atoms with E-state index in [4.69, 9.17) is 9.97 Å². The fourth-order valence-electron chi connectivity index (χ4n) is 9.13. The zero-order valence-corrected chi connectivity index (χ0v) is 25.7. The van der Waals surface area contributed by atoms with Gasteiger partial charge in [-0.25, -0.2) is 9.78 Å². The van der Waals surface area contributed by atoms with Gasteiger partial charge in [-0.2, -0.15) is 4.98 Å². The number of amides is 2. The van der Waals surface area contributed by atoms with Crippen molar-refractivity contribution in [1.82, 2.24) is 14.9 Å². The number of benzene rings is 2. The summed E-state index contributed by atoms with van der Waals surface area (Å²) >= 11 is 0. The molecule has 4 saturated carbocycles. The van der Waals surface area contributed by atoms with Crippen LogP contribution in [0.1, 0.15) is 55.2 Å². The minimum atomic E-state index is -0.160. The quantitative estimate of drug-likeness (QED) is 0.373. The van der Waals surface area contributed by atoms with E-state index < -0.39 is 0 Å². The molecule has 5 fully saturated rings. The summed E-state index contributed by atoms with van der Waals surface area (Å²) in [5, 5.41) is 3.46. The molecule has 6 aliphatic rings. The van der Waals surface area contributed by atoms with Crippen LogP contribution in [0, 0.1) is 31.6 Å². The van der Waals surface area contributed by atoms with Crippen LogP contribution in [0.25, 0.3) is 0 Å². The lowest BCUT2D eigenvalue weighted by atomic mass is 9.52. The molecule has 0 unspecified atom stereocenters. The minimum Gasteiger partial charge on any atom is -0.369 e. The Balaban J connectivity index is 1.13. The van der Waals surface area contributed by atoms with Crippen molar-refractivity contribution in [3.05, 3.63) is 65.4 Å². The molecule has 43 heavy (non-hydrogen) atoms. The van der Waals surface area contributed by atoms with Crippen LogP contribution >= 0.6 is 0 Å². The van der Waals surface area contributed by atoms with Crippen LogP contribution in [0.4, 0.5) is 33.6 Å². The Morgan fingerprint density at radius 1 is 0.884 bits per heavy atom. The smallest absolute Gasteiger partial charge is 0.331 e. The summed E-state index contributed by atoms with van der Waals surface area (Å²) < 4.78 is 0. The highest BCUT2D eigenvalue weighted by atomic mass is 16.2. The van der Waals surface area contributed by atoms with Crippen LogP contribution in [-0.4, -0.2) is 59.7 Å². The Morgan fingerprint density at radius 3 is 2.23 bits per heavy atom. The molecule has 0 atom stereocenters. The number of anilines is 5. The number of rotatable bonds is 5. The van der Waals surface area contributed by atoms with Gasteiger partial charge in [-0.3, -0.25) is 9.80 Å². The minimum absolute atomic E-state index is 0.0735. The first-order valence-electron chi connectivity index (χ1n) is 16.2. The predicted octanol–water partition coefficient (Wildman–Crippen LogP) is 6.50. The molecule has 1 saturated heterocycles. The zero-order chi connectivity index (χ0) is 29.3. The normalized spacial score (nSPS) is 28.4. The third-order valence-corrected chi connectivity index (χ3v) is 10.9. The maximum Gasteiger partial charge on any atom is 0.331 e. The van der Waals surface area contributed by atoms with Crippen molar-refractivity contribution in [2.24, 2.45) is 17.8 Å². The monoisotopic (exact) mass is 577 g/mol. The second-order valence-corrected chi connectivity index (χ2v) is 14.1. The van der Waals surface area contributed by atoms with Crippen LogP contribution < -0.4 is 20.0 Å². The molecule has 1 N–H and O–H groups in total. The molecule has 2 aromatic carbocycles. The summed E-state index contributed by atoms with van der Waals surface area (Å²) in [4.78, 5) is 33.6. The first-order valence-corrected chi connectivity index (χ1v) is 16.2. The van der Waals surface area contributed by atoms with Gasteiger partial charge in [0.25, 0.3) is 0 Å². The molecule has 8 heteroatoms. The number of carbonyl (C=O) groups is 1. The van der Waals surface area contributed by atoms with Gasteiger partial charge in [-0.05, 0) is 119 Å². The highest BCUT2D eigenvalue weighted by Crippen LogP contribution is 2.59. The fraction of sp³-hybridized carbons (Fsp3) is 0.514. The maximum absolute atomic E-state index is 14.7. The van der Waals surface area contributed by atoms with Gasteiger partial charge >= 0.3 is 6.03 Å². The number of fused-ring (bicyclic) bond motifs is 1. The van der Waals surface area contributed by atoms with E-state index in [9.17, 15) is 4.79 Å². The van der Waals surface area contributed by atoms with E-state index in [1.807, 2.05) is 11.1 Å². The van der Waals surface area contributed by atoms with Gasteiger partial charge in [-0.1, -0.05) is 12.1 Å². The number of nitrogens with zero attached hydrogens (tertiary/aromatic N) is 6. The molecule has 0 spiro atoms. The van der Waals surface area contributed by atoms with Gasteiger partial charge < -0.3 is 15.1 Å². The third-order valence-electron chi connectivity index (χ3n) is 10.9. The van der Waals surface area contributed by atoms with Gasteiger partial charge in [0.05, 0.1) is 12.1 Å². The Morgan fingerprint density at radius 2 is 1.56 bits per heavy atom. The van der Waals surface area contributed by atoms with E-state index in [0.717, 1.165) is 97.1 Å². The van der Waals surface area contributed by atoms with Gasteiger partial charge in [0.2, 0.25) is 5.95 Å². The Kier molecular flexibility index (Phi) is 6.40. The summed E-state index contributed by atoms with van der Waals surface area (Å²) in [6.45, 7) is 8.95. The molecule has 4 bridgehead atoms. The van der Waals surface area contributed by atoms with Gasteiger partial charge in [0.1, 0.15) is 5.82 Å². The Labute approximate surface area is 255 Å². The number of nitrogens with one attached hydrogen (secondary N) is 1. The van der Waals surface area contributed by atoms with Gasteiger partial charge in [0.15, 0.2) is 0 Å². The van der Waals surface area contributed by atoms with Crippen molar-refractivity contribution < 1.29 is 4.79 Å². The molecule has 8 nitrogen and oxygen atoms in total. The molecule has 3 heterocycles. The number of urea groups is 1. The molecular weight excluding hydrogens is 534 g/mol. The molecule has 3 aromatic rings. The number of carbonyl (C=O) groups excluding carboxylic acids is 1.